The number of hydrogen-bond acceptors (Lipinski definition) is 8. The molecule has 2 aromatic rings. The summed E-state index contributed by atoms with van der Waals surface area (Å²) in [7, 11) is 0. The van der Waals surface area contributed by atoms with Crippen LogP contribution in [0.3, 0.4) is 0 Å². The van der Waals surface area contributed by atoms with Crippen molar-refractivity contribution in [3.05, 3.63) is 30.1 Å². The van der Waals surface area contributed by atoms with Crippen LogP contribution in [0.1, 0.15) is 37.5 Å². The van der Waals surface area contributed by atoms with E-state index < -0.39 is 0 Å². The van der Waals surface area contributed by atoms with Crippen molar-refractivity contribution in [2.75, 3.05) is 37.7 Å². The summed E-state index contributed by atoms with van der Waals surface area (Å²) >= 11 is 0. The van der Waals surface area contributed by atoms with Crippen LogP contribution in [-0.2, 0) is 11.3 Å². The molecule has 0 unspecified atom stereocenters. The van der Waals surface area contributed by atoms with Crippen LogP contribution in [0.2, 0.25) is 0 Å². The van der Waals surface area contributed by atoms with Gasteiger partial charge in [-0.25, -0.2) is 0 Å². The van der Waals surface area contributed by atoms with Gasteiger partial charge >= 0.3 is 0 Å². The highest BCUT2D eigenvalue weighted by atomic mass is 16.5. The molecule has 25 heavy (non-hydrogen) atoms. The van der Waals surface area contributed by atoms with Crippen molar-refractivity contribution in [3.8, 4) is 0 Å². The third-order valence-electron chi connectivity index (χ3n) is 4.68. The lowest BCUT2D eigenvalue weighted by atomic mass is 10.2. The quantitative estimate of drug-likeness (QED) is 0.747. The average molecular weight is 344 g/mol. The summed E-state index contributed by atoms with van der Waals surface area (Å²) in [6, 6.07) is 3.89. The van der Waals surface area contributed by atoms with E-state index in [1.807, 2.05) is 12.1 Å². The molecule has 0 N–H and O–H groups in total. The lowest BCUT2D eigenvalue weighted by molar-refractivity contribution is -0.0292. The van der Waals surface area contributed by atoms with Gasteiger partial charge in [0, 0.05) is 38.3 Å². The smallest absolute Gasteiger partial charge is 0.230 e. The van der Waals surface area contributed by atoms with E-state index in [0.29, 0.717) is 25.0 Å². The highest BCUT2D eigenvalue weighted by Crippen LogP contribution is 2.39. The molecule has 2 fully saturated rings. The van der Waals surface area contributed by atoms with Crippen LogP contribution in [0.25, 0.3) is 0 Å². The van der Waals surface area contributed by atoms with Gasteiger partial charge in [0.25, 0.3) is 0 Å². The fraction of sp³-hybridized carbons (Fsp3) is 0.647. The van der Waals surface area contributed by atoms with Crippen LogP contribution >= 0.6 is 0 Å². The Morgan fingerprint density at radius 2 is 2.20 bits per heavy atom. The molecule has 2 aromatic heterocycles. The minimum Gasteiger partial charge on any atom is -0.424 e. The van der Waals surface area contributed by atoms with Crippen LogP contribution in [0.5, 0.6) is 0 Å². The van der Waals surface area contributed by atoms with Gasteiger partial charge in [0.05, 0.1) is 19.3 Å². The molecule has 1 aliphatic heterocycles. The van der Waals surface area contributed by atoms with Crippen LogP contribution < -0.4 is 4.90 Å². The summed E-state index contributed by atoms with van der Waals surface area (Å²) in [5, 5.41) is 16.5. The Labute approximate surface area is 147 Å². The Kier molecular flexibility index (Phi) is 4.89. The number of hydrogen-bond donors (Lipinski definition) is 0. The Bertz CT molecular complexity index is 675. The molecule has 1 saturated carbocycles. The second kappa shape index (κ2) is 7.45. The zero-order chi connectivity index (χ0) is 17.1. The standard InChI is InChI=1S/C17H24N6O2/c1-2-23(15-4-3-7-18-19-15)11-14-10-22(8-9-24-14)12-16-20-21-17(25-16)13-5-6-13/h3-4,7,13-14H,2,5-6,8-12H2,1H3/t14-/m1/s1. The minimum atomic E-state index is 0.126. The molecule has 134 valence electrons. The van der Waals surface area contributed by atoms with Crippen molar-refractivity contribution in [1.29, 1.82) is 0 Å². The van der Waals surface area contributed by atoms with E-state index in [9.17, 15) is 0 Å². The third-order valence-corrected chi connectivity index (χ3v) is 4.68. The van der Waals surface area contributed by atoms with E-state index in [-0.39, 0.29) is 6.10 Å². The summed E-state index contributed by atoms with van der Waals surface area (Å²) in [6.45, 7) is 6.92. The van der Waals surface area contributed by atoms with Gasteiger partial charge in [-0.1, -0.05) is 0 Å². The molecule has 0 bridgehead atoms. The molecule has 0 radical (unpaired) electrons. The second-order valence-corrected chi connectivity index (χ2v) is 6.66. The topological polar surface area (TPSA) is 80.4 Å². The average Bonchev–Trinajstić information content (AvgIpc) is 3.40. The normalized spacial score (nSPS) is 21.4. The van der Waals surface area contributed by atoms with E-state index in [2.05, 4.69) is 37.1 Å². The molecular formula is C17H24N6O2. The van der Waals surface area contributed by atoms with Gasteiger partial charge in [0.15, 0.2) is 5.82 Å². The van der Waals surface area contributed by atoms with Gasteiger partial charge in [-0.3, -0.25) is 4.90 Å². The van der Waals surface area contributed by atoms with E-state index in [1.165, 1.54) is 12.8 Å². The number of likely N-dealkylation sites (N-methyl/N-ethyl adjacent to an activating group) is 1. The lowest BCUT2D eigenvalue weighted by Crippen LogP contribution is -2.47. The molecular weight excluding hydrogens is 320 g/mol. The van der Waals surface area contributed by atoms with Gasteiger partial charge in [0.2, 0.25) is 11.8 Å². The number of anilines is 1. The Morgan fingerprint density at radius 1 is 1.28 bits per heavy atom. The van der Waals surface area contributed by atoms with Gasteiger partial charge in [-0.2, -0.15) is 5.10 Å². The molecule has 8 heteroatoms. The monoisotopic (exact) mass is 344 g/mol. The molecule has 3 heterocycles. The van der Waals surface area contributed by atoms with E-state index >= 15 is 0 Å². The van der Waals surface area contributed by atoms with Gasteiger partial charge < -0.3 is 14.1 Å². The van der Waals surface area contributed by atoms with Crippen molar-refractivity contribution in [3.63, 3.8) is 0 Å². The number of aromatic nitrogens is 4. The first kappa shape index (κ1) is 16.4. The predicted molar refractivity (Wildman–Crippen MR) is 91.2 cm³/mol. The predicted octanol–water partition coefficient (Wildman–Crippen LogP) is 1.46. The summed E-state index contributed by atoms with van der Waals surface area (Å²) in [4.78, 5) is 4.52. The highest BCUT2D eigenvalue weighted by Gasteiger charge is 2.30. The molecule has 1 aliphatic carbocycles. The first-order valence-corrected chi connectivity index (χ1v) is 9.00. The van der Waals surface area contributed by atoms with Crippen molar-refractivity contribution >= 4 is 5.82 Å². The molecule has 0 spiro atoms. The van der Waals surface area contributed by atoms with Gasteiger partial charge in [-0.05, 0) is 31.9 Å². The molecule has 2 aliphatic rings. The van der Waals surface area contributed by atoms with E-state index in [4.69, 9.17) is 9.15 Å². The molecule has 1 saturated heterocycles. The van der Waals surface area contributed by atoms with Gasteiger partial charge in [-0.15, -0.1) is 15.3 Å². The van der Waals surface area contributed by atoms with Crippen LogP contribution in [0, 0.1) is 0 Å². The summed E-state index contributed by atoms with van der Waals surface area (Å²) in [6.07, 6.45) is 4.17. The van der Waals surface area contributed by atoms with Crippen molar-refractivity contribution in [2.24, 2.45) is 0 Å². The van der Waals surface area contributed by atoms with Crippen molar-refractivity contribution < 1.29 is 9.15 Å². The first-order valence-electron chi connectivity index (χ1n) is 9.00. The fourth-order valence-electron chi connectivity index (χ4n) is 3.14. The summed E-state index contributed by atoms with van der Waals surface area (Å²) in [5.41, 5.74) is 0. The number of morpholine rings is 1. The van der Waals surface area contributed by atoms with Crippen LogP contribution in [-0.4, -0.2) is 64.2 Å². The molecule has 4 rings (SSSR count). The number of nitrogens with zero attached hydrogens (tertiary/aromatic N) is 6. The first-order chi connectivity index (χ1) is 12.3. The van der Waals surface area contributed by atoms with Crippen molar-refractivity contribution in [2.45, 2.75) is 38.3 Å². The Hall–Kier alpha value is -2.06. The van der Waals surface area contributed by atoms with Gasteiger partial charge in [0.1, 0.15) is 0 Å². The third kappa shape index (κ3) is 4.13. The Balaban J connectivity index is 1.33. The lowest BCUT2D eigenvalue weighted by Gasteiger charge is -2.35. The fourth-order valence-corrected chi connectivity index (χ4v) is 3.14. The Morgan fingerprint density at radius 3 is 2.96 bits per heavy atom. The SMILES string of the molecule is CCN(C[C@H]1CN(Cc2nnc(C3CC3)o2)CCO1)c1cccnn1. The number of rotatable bonds is 7. The maximum absolute atomic E-state index is 5.95. The highest BCUT2D eigenvalue weighted by molar-refractivity contribution is 5.36. The van der Waals surface area contributed by atoms with Crippen LogP contribution in [0.15, 0.2) is 22.7 Å². The molecule has 8 nitrogen and oxygen atoms in total. The largest absolute Gasteiger partial charge is 0.424 e. The zero-order valence-corrected chi connectivity index (χ0v) is 14.5. The zero-order valence-electron chi connectivity index (χ0n) is 14.5. The molecule has 0 amide bonds. The maximum atomic E-state index is 5.95. The second-order valence-electron chi connectivity index (χ2n) is 6.66. The summed E-state index contributed by atoms with van der Waals surface area (Å²) < 4.78 is 11.7. The summed E-state index contributed by atoms with van der Waals surface area (Å²) in [5.74, 6) is 2.91. The maximum Gasteiger partial charge on any atom is 0.230 e. The number of ether oxygens (including phenoxy) is 1. The van der Waals surface area contributed by atoms with Crippen LogP contribution in [0.4, 0.5) is 5.82 Å². The molecule has 1 atom stereocenters. The molecule has 0 aromatic carbocycles. The van der Waals surface area contributed by atoms with E-state index in [0.717, 1.165) is 37.9 Å². The minimum absolute atomic E-state index is 0.126. The van der Waals surface area contributed by atoms with E-state index in [1.54, 1.807) is 6.20 Å². The van der Waals surface area contributed by atoms with Crippen molar-refractivity contribution in [1.82, 2.24) is 25.3 Å².